The Bertz CT molecular complexity index is 1260. The van der Waals surface area contributed by atoms with E-state index in [-0.39, 0.29) is 11.5 Å². The van der Waals surface area contributed by atoms with Crippen molar-refractivity contribution in [3.05, 3.63) is 85.8 Å². The molecule has 0 spiro atoms. The molecule has 2 aromatic carbocycles. The smallest absolute Gasteiger partial charge is 0.205 e. The van der Waals surface area contributed by atoms with Crippen molar-refractivity contribution in [1.82, 2.24) is 4.98 Å². The average Bonchev–Trinajstić information content (AvgIpc) is 3.10. The van der Waals surface area contributed by atoms with Gasteiger partial charge in [0.25, 0.3) is 0 Å². The number of benzene rings is 2. The van der Waals surface area contributed by atoms with Crippen molar-refractivity contribution in [3.8, 4) is 12.1 Å². The molecule has 0 radical (unpaired) electrons. The van der Waals surface area contributed by atoms with Crippen LogP contribution in [0.4, 0.5) is 0 Å². The van der Waals surface area contributed by atoms with E-state index in [1.54, 1.807) is 6.20 Å². The van der Waals surface area contributed by atoms with E-state index in [1.807, 2.05) is 42.5 Å². The molecule has 2 heterocycles. The summed E-state index contributed by atoms with van der Waals surface area (Å²) >= 11 is 7.00. The van der Waals surface area contributed by atoms with E-state index in [1.165, 1.54) is 0 Å². The molecule has 0 saturated carbocycles. The lowest BCUT2D eigenvalue weighted by Gasteiger charge is -2.26. The zero-order valence-corrected chi connectivity index (χ0v) is 17.5. The second kappa shape index (κ2) is 7.20. The number of halogens is 2. The first-order valence-corrected chi connectivity index (χ1v) is 9.87. The summed E-state index contributed by atoms with van der Waals surface area (Å²) in [4.78, 5) is 3.19. The van der Waals surface area contributed by atoms with Crippen molar-refractivity contribution in [1.29, 1.82) is 10.5 Å². The van der Waals surface area contributed by atoms with Crippen LogP contribution in [0.5, 0.6) is 0 Å². The minimum absolute atomic E-state index is 0.00148. The number of nitriles is 2. The molecule has 0 bridgehead atoms. The Labute approximate surface area is 178 Å². The molecule has 28 heavy (non-hydrogen) atoms. The first kappa shape index (κ1) is 18.4. The molecular formula is C21H12Br2N4O. The molecule has 1 aliphatic heterocycles. The molecule has 3 aromatic rings. The van der Waals surface area contributed by atoms with Crippen LogP contribution in [0.1, 0.15) is 17.0 Å². The number of fused-ring (bicyclic) bond motifs is 1. The molecule has 4 rings (SSSR count). The van der Waals surface area contributed by atoms with Crippen LogP contribution >= 0.6 is 31.9 Å². The lowest BCUT2D eigenvalue weighted by Crippen LogP contribution is -2.20. The highest BCUT2D eigenvalue weighted by molar-refractivity contribution is 9.10. The molecule has 5 nitrogen and oxygen atoms in total. The maximum absolute atomic E-state index is 10.0. The number of aromatic nitrogens is 1. The maximum Gasteiger partial charge on any atom is 0.205 e. The number of hydrogen-bond donors (Lipinski definition) is 2. The molecule has 1 aliphatic rings. The highest BCUT2D eigenvalue weighted by atomic mass is 79.9. The lowest BCUT2D eigenvalue weighted by molar-refractivity contribution is 0.358. The van der Waals surface area contributed by atoms with Gasteiger partial charge >= 0.3 is 0 Å². The van der Waals surface area contributed by atoms with E-state index in [0.29, 0.717) is 16.9 Å². The van der Waals surface area contributed by atoms with Crippen molar-refractivity contribution in [2.24, 2.45) is 5.73 Å². The van der Waals surface area contributed by atoms with Crippen molar-refractivity contribution >= 4 is 48.5 Å². The quantitative estimate of drug-likeness (QED) is 0.494. The predicted molar refractivity (Wildman–Crippen MR) is 113 cm³/mol. The summed E-state index contributed by atoms with van der Waals surface area (Å²) in [7, 11) is 0. The third kappa shape index (κ3) is 2.90. The van der Waals surface area contributed by atoms with Gasteiger partial charge in [-0.2, -0.15) is 10.5 Å². The highest BCUT2D eigenvalue weighted by Crippen LogP contribution is 2.45. The van der Waals surface area contributed by atoms with Gasteiger partial charge in [0.15, 0.2) is 5.76 Å². The Balaban J connectivity index is 2.01. The number of hydrogen-bond acceptors (Lipinski definition) is 4. The first-order valence-electron chi connectivity index (χ1n) is 8.28. The molecule has 0 saturated heterocycles. The Morgan fingerprint density at radius 3 is 2.50 bits per heavy atom. The molecule has 7 heteroatoms. The monoisotopic (exact) mass is 494 g/mol. The molecule has 0 fully saturated rings. The molecule has 0 aliphatic carbocycles. The predicted octanol–water partition coefficient (Wildman–Crippen LogP) is 5.44. The van der Waals surface area contributed by atoms with Crippen molar-refractivity contribution in [2.45, 2.75) is 5.92 Å². The SMILES string of the molecule is N#CC1=C(N)OC(c2c[nH]c3ccc(Br)cc23)=C(C#N)C1c1ccccc1Br. The van der Waals surface area contributed by atoms with Gasteiger partial charge in [0, 0.05) is 31.6 Å². The van der Waals surface area contributed by atoms with Crippen LogP contribution in [0.2, 0.25) is 0 Å². The number of ether oxygens (including phenoxy) is 1. The second-order valence-electron chi connectivity index (χ2n) is 6.19. The number of aromatic amines is 1. The standard InChI is InChI=1S/C21H12Br2N4O/c22-11-5-6-18-13(7-11)16(10-27-18)20-14(8-24)19(15(9-25)21(26)28-20)12-3-1-2-4-17(12)23/h1-7,10,19,27H,26H2. The Morgan fingerprint density at radius 1 is 1.04 bits per heavy atom. The Kier molecular flexibility index (Phi) is 4.72. The van der Waals surface area contributed by atoms with Crippen LogP contribution < -0.4 is 5.73 Å². The van der Waals surface area contributed by atoms with Gasteiger partial charge in [-0.25, -0.2) is 0 Å². The summed E-state index contributed by atoms with van der Waals surface area (Å²) < 4.78 is 7.51. The molecule has 136 valence electrons. The van der Waals surface area contributed by atoms with Gasteiger partial charge in [-0.1, -0.05) is 50.1 Å². The summed E-state index contributed by atoms with van der Waals surface area (Å²) in [6.45, 7) is 0. The molecule has 3 N–H and O–H groups in total. The van der Waals surface area contributed by atoms with Crippen LogP contribution in [0, 0.1) is 22.7 Å². The van der Waals surface area contributed by atoms with Gasteiger partial charge in [-0.15, -0.1) is 0 Å². The van der Waals surface area contributed by atoms with Crippen LogP contribution in [0.3, 0.4) is 0 Å². The van der Waals surface area contributed by atoms with E-state index in [9.17, 15) is 10.5 Å². The normalized spacial score (nSPS) is 16.6. The van der Waals surface area contributed by atoms with E-state index in [4.69, 9.17) is 10.5 Å². The number of nitrogens with one attached hydrogen (secondary N) is 1. The fourth-order valence-corrected chi connectivity index (χ4v) is 4.25. The summed E-state index contributed by atoms with van der Waals surface area (Å²) in [6.07, 6.45) is 1.78. The number of nitrogens with zero attached hydrogens (tertiary/aromatic N) is 2. The van der Waals surface area contributed by atoms with Crippen LogP contribution in [0.15, 0.2) is 74.6 Å². The van der Waals surface area contributed by atoms with Gasteiger partial charge in [0.05, 0.1) is 17.6 Å². The minimum Gasteiger partial charge on any atom is -0.439 e. The summed E-state index contributed by atoms with van der Waals surface area (Å²) in [6, 6.07) is 17.6. The van der Waals surface area contributed by atoms with Crippen molar-refractivity contribution in [2.75, 3.05) is 0 Å². The Hall–Kier alpha value is -3.00. The third-order valence-corrected chi connectivity index (χ3v) is 5.86. The van der Waals surface area contributed by atoms with Gasteiger partial charge in [-0.3, -0.25) is 0 Å². The maximum atomic E-state index is 10.0. The number of nitrogens with two attached hydrogens (primary N) is 1. The Morgan fingerprint density at radius 2 is 1.79 bits per heavy atom. The number of allylic oxidation sites excluding steroid dienone is 2. The summed E-state index contributed by atoms with van der Waals surface area (Å²) in [5.74, 6) is -0.267. The molecule has 1 atom stereocenters. The van der Waals surface area contributed by atoms with E-state index >= 15 is 0 Å². The summed E-state index contributed by atoms with van der Waals surface area (Å²) in [5, 5.41) is 20.6. The highest BCUT2D eigenvalue weighted by Gasteiger charge is 2.35. The van der Waals surface area contributed by atoms with E-state index in [2.05, 4.69) is 49.0 Å². The van der Waals surface area contributed by atoms with Gasteiger partial charge in [-0.05, 0) is 29.8 Å². The first-order chi connectivity index (χ1) is 13.5. The lowest BCUT2D eigenvalue weighted by atomic mass is 9.82. The average molecular weight is 496 g/mol. The second-order valence-corrected chi connectivity index (χ2v) is 7.96. The van der Waals surface area contributed by atoms with Gasteiger partial charge in [0.2, 0.25) is 5.88 Å². The number of H-pyrrole nitrogens is 1. The largest absolute Gasteiger partial charge is 0.439 e. The molecule has 0 amide bonds. The number of rotatable bonds is 2. The molecule has 1 aromatic heterocycles. The molecular weight excluding hydrogens is 484 g/mol. The fourth-order valence-electron chi connectivity index (χ4n) is 3.37. The van der Waals surface area contributed by atoms with Crippen molar-refractivity contribution in [3.63, 3.8) is 0 Å². The zero-order valence-electron chi connectivity index (χ0n) is 14.3. The van der Waals surface area contributed by atoms with Gasteiger partial charge < -0.3 is 15.5 Å². The van der Waals surface area contributed by atoms with Gasteiger partial charge in [0.1, 0.15) is 11.6 Å². The third-order valence-electron chi connectivity index (χ3n) is 4.65. The summed E-state index contributed by atoms with van der Waals surface area (Å²) in [5.41, 5.74) is 9.05. The van der Waals surface area contributed by atoms with Crippen LogP contribution in [0.25, 0.3) is 16.7 Å². The topological polar surface area (TPSA) is 98.6 Å². The minimum atomic E-state index is -0.619. The fraction of sp³-hybridized carbons (Fsp3) is 0.0476. The van der Waals surface area contributed by atoms with E-state index in [0.717, 1.165) is 25.4 Å². The van der Waals surface area contributed by atoms with Crippen molar-refractivity contribution < 1.29 is 4.74 Å². The molecule has 1 unspecified atom stereocenters. The van der Waals surface area contributed by atoms with E-state index < -0.39 is 5.92 Å². The van der Waals surface area contributed by atoms with Crippen LogP contribution in [-0.2, 0) is 4.74 Å². The van der Waals surface area contributed by atoms with Crippen LogP contribution in [-0.4, -0.2) is 4.98 Å². The zero-order chi connectivity index (χ0) is 19.8.